The fraction of sp³-hybridized carbons (Fsp3) is 0.450. The molecule has 0 spiro atoms. The number of carbonyl (C=O) groups is 1. The van der Waals surface area contributed by atoms with Crippen LogP contribution in [-0.2, 0) is 0 Å². The van der Waals surface area contributed by atoms with Gasteiger partial charge in [-0.15, -0.1) is 0 Å². The molecule has 0 radical (unpaired) electrons. The zero-order valence-electron chi connectivity index (χ0n) is 17.4. The van der Waals surface area contributed by atoms with Crippen LogP contribution in [0.25, 0.3) is 0 Å². The first-order valence-corrected chi connectivity index (χ1v) is 9.61. The van der Waals surface area contributed by atoms with Gasteiger partial charge < -0.3 is 29.9 Å². The van der Waals surface area contributed by atoms with E-state index in [1.54, 1.807) is 38.6 Å². The van der Waals surface area contributed by atoms with Crippen LogP contribution >= 0.6 is 0 Å². The van der Waals surface area contributed by atoms with Crippen molar-refractivity contribution < 1.29 is 14.3 Å². The largest absolute Gasteiger partial charge is 0.493 e. The number of rotatable bonds is 6. The number of urea groups is 1. The molecular weight excluding hydrogens is 372 g/mol. The number of nitrogens with zero attached hydrogens (tertiary/aromatic N) is 4. The average Bonchev–Trinajstić information content (AvgIpc) is 2.74. The molecule has 1 saturated heterocycles. The Hall–Kier alpha value is -3.23. The SMILES string of the molecule is COc1ccc(NC(=O)Nc2cnc(N3CCCCC3)nc2N(C)C)cc1OC. The molecule has 1 aromatic heterocycles. The van der Waals surface area contributed by atoms with Crippen LogP contribution in [0.1, 0.15) is 19.3 Å². The Kier molecular flexibility index (Phi) is 6.58. The van der Waals surface area contributed by atoms with Crippen molar-refractivity contribution in [3.8, 4) is 11.5 Å². The Morgan fingerprint density at radius 3 is 2.45 bits per heavy atom. The van der Waals surface area contributed by atoms with Crippen LogP contribution in [0, 0.1) is 0 Å². The van der Waals surface area contributed by atoms with Gasteiger partial charge in [-0.1, -0.05) is 0 Å². The van der Waals surface area contributed by atoms with Gasteiger partial charge >= 0.3 is 6.03 Å². The quantitative estimate of drug-likeness (QED) is 0.769. The van der Waals surface area contributed by atoms with E-state index in [9.17, 15) is 4.79 Å². The minimum absolute atomic E-state index is 0.394. The highest BCUT2D eigenvalue weighted by molar-refractivity contribution is 6.01. The standard InChI is InChI=1S/C20H28N6O3/c1-25(2)18-15(13-21-19(24-18)26-10-6-5-7-11-26)23-20(27)22-14-8-9-16(28-3)17(12-14)29-4/h8-9,12-13H,5-7,10-11H2,1-4H3,(H2,22,23,27). The van der Waals surface area contributed by atoms with E-state index >= 15 is 0 Å². The van der Waals surface area contributed by atoms with Crippen molar-refractivity contribution in [2.24, 2.45) is 0 Å². The van der Waals surface area contributed by atoms with E-state index in [1.165, 1.54) is 6.42 Å². The Bertz CT molecular complexity index is 852. The fourth-order valence-electron chi connectivity index (χ4n) is 3.24. The van der Waals surface area contributed by atoms with Gasteiger partial charge in [0.15, 0.2) is 17.3 Å². The Balaban J connectivity index is 1.74. The van der Waals surface area contributed by atoms with E-state index in [4.69, 9.17) is 9.47 Å². The molecule has 0 bridgehead atoms. The van der Waals surface area contributed by atoms with Gasteiger partial charge in [0.05, 0.1) is 20.4 Å². The minimum Gasteiger partial charge on any atom is -0.493 e. The second-order valence-electron chi connectivity index (χ2n) is 7.00. The van der Waals surface area contributed by atoms with Crippen molar-refractivity contribution in [1.82, 2.24) is 9.97 Å². The molecule has 2 aromatic rings. The molecular formula is C20H28N6O3. The van der Waals surface area contributed by atoms with Crippen LogP contribution in [0.3, 0.4) is 0 Å². The predicted molar refractivity (Wildman–Crippen MR) is 115 cm³/mol. The number of nitrogens with one attached hydrogen (secondary N) is 2. The Morgan fingerprint density at radius 1 is 1.07 bits per heavy atom. The maximum absolute atomic E-state index is 12.5. The Labute approximate surface area is 171 Å². The summed E-state index contributed by atoms with van der Waals surface area (Å²) in [4.78, 5) is 25.7. The fourth-order valence-corrected chi connectivity index (χ4v) is 3.24. The summed E-state index contributed by atoms with van der Waals surface area (Å²) >= 11 is 0. The zero-order chi connectivity index (χ0) is 20.8. The third-order valence-electron chi connectivity index (χ3n) is 4.71. The molecule has 2 N–H and O–H groups in total. The molecule has 3 rings (SSSR count). The molecule has 29 heavy (non-hydrogen) atoms. The summed E-state index contributed by atoms with van der Waals surface area (Å²) in [5, 5.41) is 5.62. The molecule has 0 saturated carbocycles. The van der Waals surface area contributed by atoms with Crippen molar-refractivity contribution in [1.29, 1.82) is 0 Å². The summed E-state index contributed by atoms with van der Waals surface area (Å²) in [5.74, 6) is 2.48. The van der Waals surface area contributed by atoms with E-state index in [2.05, 4.69) is 25.5 Å². The lowest BCUT2D eigenvalue weighted by Gasteiger charge is -2.28. The third kappa shape index (κ3) is 4.98. The van der Waals surface area contributed by atoms with Crippen LogP contribution in [0.4, 0.5) is 27.9 Å². The number of carbonyl (C=O) groups excluding carboxylic acids is 1. The highest BCUT2D eigenvalue weighted by Crippen LogP contribution is 2.30. The van der Waals surface area contributed by atoms with E-state index in [1.807, 2.05) is 19.0 Å². The van der Waals surface area contributed by atoms with Crippen molar-refractivity contribution in [2.45, 2.75) is 19.3 Å². The molecule has 0 aliphatic carbocycles. The van der Waals surface area contributed by atoms with Gasteiger partial charge in [-0.25, -0.2) is 9.78 Å². The molecule has 9 nitrogen and oxygen atoms in total. The van der Waals surface area contributed by atoms with Gasteiger partial charge in [-0.2, -0.15) is 4.98 Å². The first-order valence-electron chi connectivity index (χ1n) is 9.61. The summed E-state index contributed by atoms with van der Waals surface area (Å²) in [5.41, 5.74) is 1.12. The van der Waals surface area contributed by atoms with Crippen LogP contribution in [0.15, 0.2) is 24.4 Å². The minimum atomic E-state index is -0.394. The normalized spacial score (nSPS) is 13.6. The second-order valence-corrected chi connectivity index (χ2v) is 7.00. The zero-order valence-corrected chi connectivity index (χ0v) is 17.4. The lowest BCUT2D eigenvalue weighted by Crippen LogP contribution is -2.31. The summed E-state index contributed by atoms with van der Waals surface area (Å²) < 4.78 is 10.5. The lowest BCUT2D eigenvalue weighted by atomic mass is 10.1. The number of hydrogen-bond donors (Lipinski definition) is 2. The van der Waals surface area contributed by atoms with Crippen molar-refractivity contribution in [3.05, 3.63) is 24.4 Å². The van der Waals surface area contributed by atoms with Gasteiger partial charge in [0.1, 0.15) is 5.69 Å². The molecule has 156 valence electrons. The molecule has 0 unspecified atom stereocenters. The highest BCUT2D eigenvalue weighted by atomic mass is 16.5. The maximum Gasteiger partial charge on any atom is 0.323 e. The summed E-state index contributed by atoms with van der Waals surface area (Å²) in [6, 6.07) is 4.77. The predicted octanol–water partition coefficient (Wildman–Crippen LogP) is 3.19. The van der Waals surface area contributed by atoms with E-state index in [0.717, 1.165) is 25.9 Å². The molecule has 1 fully saturated rings. The first-order chi connectivity index (χ1) is 14.0. The number of amides is 2. The summed E-state index contributed by atoms with van der Waals surface area (Å²) in [6.07, 6.45) is 5.19. The molecule has 1 aliphatic rings. The molecule has 1 aromatic carbocycles. The summed E-state index contributed by atoms with van der Waals surface area (Å²) in [6.45, 7) is 1.92. The molecule has 0 atom stereocenters. The number of benzene rings is 1. The van der Waals surface area contributed by atoms with E-state index in [0.29, 0.717) is 34.6 Å². The summed E-state index contributed by atoms with van der Waals surface area (Å²) in [7, 11) is 6.89. The maximum atomic E-state index is 12.5. The van der Waals surface area contributed by atoms with Crippen LogP contribution in [-0.4, -0.2) is 57.4 Å². The van der Waals surface area contributed by atoms with Crippen LogP contribution < -0.4 is 29.9 Å². The van der Waals surface area contributed by atoms with E-state index < -0.39 is 6.03 Å². The molecule has 1 aliphatic heterocycles. The van der Waals surface area contributed by atoms with Crippen LogP contribution in [0.5, 0.6) is 11.5 Å². The monoisotopic (exact) mass is 400 g/mol. The number of ether oxygens (including phenoxy) is 2. The highest BCUT2D eigenvalue weighted by Gasteiger charge is 2.18. The van der Waals surface area contributed by atoms with Gasteiger partial charge in [0.2, 0.25) is 5.95 Å². The van der Waals surface area contributed by atoms with Crippen LogP contribution in [0.2, 0.25) is 0 Å². The first kappa shape index (κ1) is 20.5. The smallest absolute Gasteiger partial charge is 0.323 e. The van der Waals surface area contributed by atoms with E-state index in [-0.39, 0.29) is 0 Å². The van der Waals surface area contributed by atoms with Crippen molar-refractivity contribution in [2.75, 3.05) is 61.8 Å². The third-order valence-corrected chi connectivity index (χ3v) is 4.71. The number of anilines is 4. The number of aromatic nitrogens is 2. The number of piperidine rings is 1. The Morgan fingerprint density at radius 2 is 1.79 bits per heavy atom. The van der Waals surface area contributed by atoms with Gasteiger partial charge in [0.25, 0.3) is 0 Å². The molecule has 2 heterocycles. The van der Waals surface area contributed by atoms with Crippen molar-refractivity contribution in [3.63, 3.8) is 0 Å². The van der Waals surface area contributed by atoms with Crippen molar-refractivity contribution >= 4 is 29.2 Å². The number of hydrogen-bond acceptors (Lipinski definition) is 7. The topological polar surface area (TPSA) is 91.8 Å². The second kappa shape index (κ2) is 9.31. The van der Waals surface area contributed by atoms with Gasteiger partial charge in [-0.05, 0) is 31.4 Å². The molecule has 9 heteroatoms. The molecule has 2 amide bonds. The number of methoxy groups -OCH3 is 2. The average molecular weight is 400 g/mol. The van der Waals surface area contributed by atoms with Gasteiger partial charge in [-0.3, -0.25) is 0 Å². The lowest BCUT2D eigenvalue weighted by molar-refractivity contribution is 0.262. The van der Waals surface area contributed by atoms with Gasteiger partial charge in [0, 0.05) is 38.9 Å².